The van der Waals surface area contributed by atoms with E-state index in [4.69, 9.17) is 9.47 Å². The molecule has 31 heavy (non-hydrogen) atoms. The lowest BCUT2D eigenvalue weighted by molar-refractivity contribution is -0.139. The van der Waals surface area contributed by atoms with Gasteiger partial charge in [0, 0.05) is 11.4 Å². The number of nitrogens with one attached hydrogen (secondary N) is 3. The number of hydrogen-bond acceptors (Lipinski definition) is 5. The van der Waals surface area contributed by atoms with Crippen LogP contribution in [0.15, 0.2) is 65.9 Å². The second kappa shape index (κ2) is 10.3. The van der Waals surface area contributed by atoms with Crippen molar-refractivity contribution in [2.75, 3.05) is 18.5 Å². The third-order valence-electron chi connectivity index (χ3n) is 4.64. The molecule has 2 aromatic rings. The highest BCUT2D eigenvalue weighted by Crippen LogP contribution is 2.30. The normalized spacial score (nSPS) is 15.5. The van der Waals surface area contributed by atoms with Crippen molar-refractivity contribution < 1.29 is 23.9 Å². The van der Waals surface area contributed by atoms with Crippen LogP contribution in [0, 0.1) is 0 Å². The van der Waals surface area contributed by atoms with Crippen molar-refractivity contribution in [2.45, 2.75) is 26.3 Å². The lowest BCUT2D eigenvalue weighted by Crippen LogP contribution is -2.45. The van der Waals surface area contributed by atoms with Gasteiger partial charge in [-0.2, -0.15) is 0 Å². The predicted molar refractivity (Wildman–Crippen MR) is 115 cm³/mol. The molecule has 0 saturated heterocycles. The maximum absolute atomic E-state index is 12.5. The average molecular weight is 423 g/mol. The minimum atomic E-state index is -0.641. The molecule has 0 bridgehead atoms. The van der Waals surface area contributed by atoms with E-state index in [9.17, 15) is 14.4 Å². The third-order valence-corrected chi connectivity index (χ3v) is 4.64. The van der Waals surface area contributed by atoms with E-state index in [-0.39, 0.29) is 25.2 Å². The molecule has 0 aromatic heterocycles. The fourth-order valence-corrected chi connectivity index (χ4v) is 3.22. The summed E-state index contributed by atoms with van der Waals surface area (Å²) in [7, 11) is 0. The van der Waals surface area contributed by atoms with Crippen LogP contribution in [0.1, 0.15) is 31.9 Å². The first-order valence-electron chi connectivity index (χ1n) is 10.1. The van der Waals surface area contributed by atoms with Crippen molar-refractivity contribution in [3.05, 3.63) is 71.4 Å². The van der Waals surface area contributed by atoms with Crippen molar-refractivity contribution in [3.63, 3.8) is 0 Å². The number of urea groups is 1. The van der Waals surface area contributed by atoms with Crippen LogP contribution < -0.4 is 20.7 Å². The first-order valence-corrected chi connectivity index (χ1v) is 10.1. The molecule has 1 atom stereocenters. The van der Waals surface area contributed by atoms with E-state index >= 15 is 0 Å². The third kappa shape index (κ3) is 5.63. The monoisotopic (exact) mass is 423 g/mol. The SMILES string of the molecule is CCOC(=O)C1=C(CC)NC(=O)NC1c1ccc(OCC(=O)Nc2ccccc2)cc1. The Morgan fingerprint density at radius 1 is 1.03 bits per heavy atom. The summed E-state index contributed by atoms with van der Waals surface area (Å²) < 4.78 is 10.7. The van der Waals surface area contributed by atoms with Crippen LogP contribution in [0.5, 0.6) is 5.75 Å². The second-order valence-electron chi connectivity index (χ2n) is 6.77. The molecule has 8 nitrogen and oxygen atoms in total. The maximum atomic E-state index is 12.5. The van der Waals surface area contributed by atoms with Gasteiger partial charge in [0.25, 0.3) is 5.91 Å². The van der Waals surface area contributed by atoms with Gasteiger partial charge in [-0.25, -0.2) is 9.59 Å². The van der Waals surface area contributed by atoms with Crippen molar-refractivity contribution in [2.24, 2.45) is 0 Å². The van der Waals surface area contributed by atoms with Gasteiger partial charge in [0.15, 0.2) is 6.61 Å². The molecule has 0 radical (unpaired) electrons. The summed E-state index contributed by atoms with van der Waals surface area (Å²) in [6.45, 7) is 3.67. The Morgan fingerprint density at radius 3 is 2.39 bits per heavy atom. The second-order valence-corrected chi connectivity index (χ2v) is 6.77. The largest absolute Gasteiger partial charge is 0.484 e. The van der Waals surface area contributed by atoms with Crippen molar-refractivity contribution >= 4 is 23.6 Å². The van der Waals surface area contributed by atoms with Crippen LogP contribution in [0.2, 0.25) is 0 Å². The molecular weight excluding hydrogens is 398 g/mol. The summed E-state index contributed by atoms with van der Waals surface area (Å²) in [6, 6.07) is 15.0. The number of allylic oxidation sites excluding steroid dienone is 1. The lowest BCUT2D eigenvalue weighted by atomic mass is 9.94. The van der Waals surface area contributed by atoms with Crippen LogP contribution in [-0.2, 0) is 14.3 Å². The van der Waals surface area contributed by atoms with Gasteiger partial charge in [-0.05, 0) is 43.2 Å². The average Bonchev–Trinajstić information content (AvgIpc) is 2.78. The molecule has 2 aromatic carbocycles. The standard InChI is InChI=1S/C23H25N3O5/c1-3-18-20(22(28)30-4-2)21(26-23(29)25-18)15-10-12-17(13-11-15)31-14-19(27)24-16-8-6-5-7-9-16/h5-13,21H,3-4,14H2,1-2H3,(H,24,27)(H2,25,26,29). The van der Waals surface area contributed by atoms with E-state index in [1.165, 1.54) is 0 Å². The molecule has 1 aliphatic heterocycles. The van der Waals surface area contributed by atoms with E-state index in [1.54, 1.807) is 43.3 Å². The molecule has 8 heteroatoms. The zero-order chi connectivity index (χ0) is 22.2. The summed E-state index contributed by atoms with van der Waals surface area (Å²) in [5.74, 6) is -0.264. The predicted octanol–water partition coefficient (Wildman–Crippen LogP) is 3.29. The topological polar surface area (TPSA) is 106 Å². The summed E-state index contributed by atoms with van der Waals surface area (Å²) in [5, 5.41) is 8.19. The highest BCUT2D eigenvalue weighted by molar-refractivity contribution is 5.95. The van der Waals surface area contributed by atoms with Gasteiger partial charge in [0.2, 0.25) is 0 Å². The van der Waals surface area contributed by atoms with Crippen LogP contribution in [-0.4, -0.2) is 31.1 Å². The Bertz CT molecular complexity index is 970. The highest BCUT2D eigenvalue weighted by Gasteiger charge is 2.32. The smallest absolute Gasteiger partial charge is 0.338 e. The highest BCUT2D eigenvalue weighted by atomic mass is 16.5. The fourth-order valence-electron chi connectivity index (χ4n) is 3.22. The number of carbonyl (C=O) groups excluding carboxylic acids is 3. The Labute approximate surface area is 180 Å². The molecule has 162 valence electrons. The minimum Gasteiger partial charge on any atom is -0.484 e. The van der Waals surface area contributed by atoms with Crippen molar-refractivity contribution in [1.29, 1.82) is 0 Å². The zero-order valence-corrected chi connectivity index (χ0v) is 17.4. The van der Waals surface area contributed by atoms with Crippen LogP contribution >= 0.6 is 0 Å². The number of ether oxygens (including phenoxy) is 2. The quantitative estimate of drug-likeness (QED) is 0.565. The van der Waals surface area contributed by atoms with Crippen LogP contribution in [0.25, 0.3) is 0 Å². The van der Waals surface area contributed by atoms with E-state index < -0.39 is 12.0 Å². The van der Waals surface area contributed by atoms with E-state index in [0.29, 0.717) is 34.7 Å². The van der Waals surface area contributed by atoms with Crippen molar-refractivity contribution in [3.8, 4) is 5.75 Å². The Hall–Kier alpha value is -3.81. The van der Waals surface area contributed by atoms with Gasteiger partial charge >= 0.3 is 12.0 Å². The van der Waals surface area contributed by atoms with Gasteiger partial charge < -0.3 is 25.4 Å². The van der Waals surface area contributed by atoms with E-state index in [1.807, 2.05) is 25.1 Å². The molecule has 1 aliphatic rings. The molecule has 3 rings (SSSR count). The molecule has 1 unspecified atom stereocenters. The number of rotatable bonds is 8. The molecule has 3 amide bonds. The van der Waals surface area contributed by atoms with Crippen LogP contribution in [0.3, 0.4) is 0 Å². The summed E-state index contributed by atoms with van der Waals surface area (Å²) in [4.78, 5) is 36.6. The number of esters is 1. The number of amides is 3. The van der Waals surface area contributed by atoms with Gasteiger partial charge in [-0.3, -0.25) is 4.79 Å². The van der Waals surface area contributed by atoms with Crippen LogP contribution in [0.4, 0.5) is 10.5 Å². The Morgan fingerprint density at radius 2 is 1.74 bits per heavy atom. The van der Waals surface area contributed by atoms with E-state index in [2.05, 4.69) is 16.0 Å². The summed E-state index contributed by atoms with van der Waals surface area (Å²) in [5.41, 5.74) is 2.30. The number of hydrogen-bond donors (Lipinski definition) is 3. The minimum absolute atomic E-state index is 0.147. The summed E-state index contributed by atoms with van der Waals surface area (Å²) >= 11 is 0. The first-order chi connectivity index (χ1) is 15.0. The number of anilines is 1. The molecule has 3 N–H and O–H groups in total. The van der Waals surface area contributed by atoms with E-state index in [0.717, 1.165) is 0 Å². The molecule has 0 aliphatic carbocycles. The zero-order valence-electron chi connectivity index (χ0n) is 17.4. The molecule has 1 heterocycles. The van der Waals surface area contributed by atoms with Gasteiger partial charge in [0.1, 0.15) is 5.75 Å². The number of para-hydroxylation sites is 1. The van der Waals surface area contributed by atoms with Gasteiger partial charge in [-0.1, -0.05) is 37.3 Å². The molecule has 0 saturated carbocycles. The summed E-state index contributed by atoms with van der Waals surface area (Å²) in [6.07, 6.45) is 0.482. The fraction of sp³-hybridized carbons (Fsp3) is 0.261. The Balaban J connectivity index is 1.69. The number of benzene rings is 2. The molecule has 0 fully saturated rings. The number of carbonyl (C=O) groups is 3. The molecule has 0 spiro atoms. The maximum Gasteiger partial charge on any atom is 0.338 e. The van der Waals surface area contributed by atoms with Gasteiger partial charge in [0.05, 0.1) is 18.2 Å². The Kier molecular flexibility index (Phi) is 7.26. The first kappa shape index (κ1) is 21.9. The van der Waals surface area contributed by atoms with Crippen molar-refractivity contribution in [1.82, 2.24) is 10.6 Å². The molecular formula is C23H25N3O5. The lowest BCUT2D eigenvalue weighted by Gasteiger charge is -2.29. The van der Waals surface area contributed by atoms with Gasteiger partial charge in [-0.15, -0.1) is 0 Å².